The van der Waals surface area contributed by atoms with Crippen LogP contribution in [0.5, 0.6) is 5.75 Å². The van der Waals surface area contributed by atoms with Crippen LogP contribution in [0, 0.1) is 12.8 Å². The van der Waals surface area contributed by atoms with Crippen LogP contribution < -0.4 is 10.1 Å². The second kappa shape index (κ2) is 15.2. The number of hydrogen-bond donors (Lipinski definition) is 1. The standard InChI is InChI=1S/C31H46N4O5S/c1-6-20-41(38,39)34(19-14-24(2)3)23-30(36)35(22-26-11-8-7-10-25(26)4)28-15-17-33(18-16-28)31(37)32-27-12-9-13-29(21-27)40-5/h7-13,21,24,28H,6,14-20,22-23H2,1-5H3,(H,32,37). The number of likely N-dealkylation sites (tertiary alicyclic amines) is 1. The van der Waals surface area contributed by atoms with Gasteiger partial charge in [-0.25, -0.2) is 13.2 Å². The maximum absolute atomic E-state index is 13.9. The highest BCUT2D eigenvalue weighted by molar-refractivity contribution is 7.89. The zero-order chi connectivity index (χ0) is 30.0. The Hall–Kier alpha value is -3.11. The molecule has 2 aromatic carbocycles. The summed E-state index contributed by atoms with van der Waals surface area (Å²) >= 11 is 0. The number of hydrogen-bond acceptors (Lipinski definition) is 5. The van der Waals surface area contributed by atoms with Crippen molar-refractivity contribution in [2.75, 3.05) is 44.4 Å². The van der Waals surface area contributed by atoms with Crippen LogP contribution >= 0.6 is 0 Å². The highest BCUT2D eigenvalue weighted by atomic mass is 32.2. The fraction of sp³-hybridized carbons (Fsp3) is 0.548. The van der Waals surface area contributed by atoms with Gasteiger partial charge in [-0.05, 0) is 61.8 Å². The molecule has 0 aliphatic carbocycles. The first-order chi connectivity index (χ1) is 19.5. The fourth-order valence-corrected chi connectivity index (χ4v) is 6.49. The molecule has 3 rings (SSSR count). The number of ether oxygens (including phenoxy) is 1. The molecule has 1 N–H and O–H groups in total. The minimum atomic E-state index is -3.55. The van der Waals surface area contributed by atoms with E-state index in [1.54, 1.807) is 18.1 Å². The summed E-state index contributed by atoms with van der Waals surface area (Å²) in [4.78, 5) is 30.5. The molecule has 1 fully saturated rings. The summed E-state index contributed by atoms with van der Waals surface area (Å²) in [6, 6.07) is 14.9. The second-order valence-electron chi connectivity index (χ2n) is 11.2. The summed E-state index contributed by atoms with van der Waals surface area (Å²) in [7, 11) is -1.97. The first kappa shape index (κ1) is 32.4. The topological polar surface area (TPSA) is 99.3 Å². The summed E-state index contributed by atoms with van der Waals surface area (Å²) in [5.41, 5.74) is 2.77. The van der Waals surface area contributed by atoms with E-state index in [4.69, 9.17) is 4.74 Å². The summed E-state index contributed by atoms with van der Waals surface area (Å²) in [6.45, 7) is 9.49. The Morgan fingerprint density at radius 2 is 1.80 bits per heavy atom. The number of nitrogens with one attached hydrogen (secondary N) is 1. The molecule has 0 saturated carbocycles. The minimum Gasteiger partial charge on any atom is -0.497 e. The van der Waals surface area contributed by atoms with Crippen molar-refractivity contribution in [2.24, 2.45) is 5.92 Å². The van der Waals surface area contributed by atoms with Crippen molar-refractivity contribution in [1.82, 2.24) is 14.1 Å². The van der Waals surface area contributed by atoms with Gasteiger partial charge in [-0.3, -0.25) is 4.79 Å². The number of nitrogens with zero attached hydrogens (tertiary/aromatic N) is 3. The number of carbonyl (C=O) groups excluding carboxylic acids is 2. The maximum atomic E-state index is 13.9. The Morgan fingerprint density at radius 1 is 1.10 bits per heavy atom. The minimum absolute atomic E-state index is 0.0248. The number of methoxy groups -OCH3 is 1. The molecule has 41 heavy (non-hydrogen) atoms. The van der Waals surface area contributed by atoms with E-state index in [0.29, 0.717) is 69.2 Å². The normalized spacial score (nSPS) is 14.4. The molecule has 0 unspecified atom stereocenters. The van der Waals surface area contributed by atoms with Gasteiger partial charge in [-0.15, -0.1) is 0 Å². The lowest BCUT2D eigenvalue weighted by Crippen LogP contribution is -2.52. The van der Waals surface area contributed by atoms with E-state index in [1.165, 1.54) is 4.31 Å². The smallest absolute Gasteiger partial charge is 0.321 e. The van der Waals surface area contributed by atoms with Crippen LogP contribution in [0.1, 0.15) is 57.6 Å². The quantitative estimate of drug-likeness (QED) is 0.351. The molecule has 10 heteroatoms. The van der Waals surface area contributed by atoms with Gasteiger partial charge in [-0.2, -0.15) is 4.31 Å². The zero-order valence-electron chi connectivity index (χ0n) is 25.1. The monoisotopic (exact) mass is 586 g/mol. The van der Waals surface area contributed by atoms with E-state index in [-0.39, 0.29) is 30.3 Å². The van der Waals surface area contributed by atoms with Gasteiger partial charge in [0.2, 0.25) is 15.9 Å². The molecule has 3 amide bonds. The number of amides is 3. The molecule has 1 aliphatic rings. The van der Waals surface area contributed by atoms with E-state index in [1.807, 2.05) is 61.2 Å². The lowest BCUT2D eigenvalue weighted by molar-refractivity contribution is -0.135. The molecule has 0 aromatic heterocycles. The van der Waals surface area contributed by atoms with E-state index in [2.05, 4.69) is 19.2 Å². The number of piperidine rings is 1. The molecule has 0 radical (unpaired) electrons. The van der Waals surface area contributed by atoms with Crippen molar-refractivity contribution >= 4 is 27.6 Å². The molecular formula is C31H46N4O5S. The van der Waals surface area contributed by atoms with E-state index in [0.717, 1.165) is 11.1 Å². The zero-order valence-corrected chi connectivity index (χ0v) is 26.0. The van der Waals surface area contributed by atoms with Gasteiger partial charge in [-0.1, -0.05) is 51.1 Å². The fourth-order valence-electron chi connectivity index (χ4n) is 5.02. The number of urea groups is 1. The third-order valence-electron chi connectivity index (χ3n) is 7.56. The SMILES string of the molecule is CCCS(=O)(=O)N(CCC(C)C)CC(=O)N(Cc1ccccc1C)C1CCN(C(=O)Nc2cccc(OC)c2)CC1. The van der Waals surface area contributed by atoms with Crippen molar-refractivity contribution in [1.29, 1.82) is 0 Å². The van der Waals surface area contributed by atoms with Gasteiger partial charge >= 0.3 is 6.03 Å². The van der Waals surface area contributed by atoms with Crippen molar-refractivity contribution in [3.63, 3.8) is 0 Å². The summed E-state index contributed by atoms with van der Waals surface area (Å²) < 4.78 is 32.8. The van der Waals surface area contributed by atoms with Crippen LogP contribution in [0.15, 0.2) is 48.5 Å². The lowest BCUT2D eigenvalue weighted by Gasteiger charge is -2.39. The Kier molecular flexibility index (Phi) is 12.0. The van der Waals surface area contributed by atoms with Crippen molar-refractivity contribution in [3.05, 3.63) is 59.7 Å². The molecule has 0 spiro atoms. The average Bonchev–Trinajstić information content (AvgIpc) is 2.94. The third kappa shape index (κ3) is 9.46. The van der Waals surface area contributed by atoms with Crippen LogP contribution in [0.25, 0.3) is 0 Å². The molecule has 2 aromatic rings. The van der Waals surface area contributed by atoms with Gasteiger partial charge in [0.1, 0.15) is 5.75 Å². The van der Waals surface area contributed by atoms with Gasteiger partial charge < -0.3 is 19.9 Å². The Labute approximate surface area is 245 Å². The summed E-state index contributed by atoms with van der Waals surface area (Å²) in [5.74, 6) is 0.808. The first-order valence-electron chi connectivity index (χ1n) is 14.6. The van der Waals surface area contributed by atoms with Crippen LogP contribution in [0.2, 0.25) is 0 Å². The predicted octanol–water partition coefficient (Wildman–Crippen LogP) is 5.12. The molecule has 9 nitrogen and oxygen atoms in total. The van der Waals surface area contributed by atoms with Crippen LogP contribution in [-0.4, -0.2) is 79.5 Å². The second-order valence-corrected chi connectivity index (χ2v) is 13.2. The first-order valence-corrected chi connectivity index (χ1v) is 16.2. The number of anilines is 1. The molecular weight excluding hydrogens is 540 g/mol. The third-order valence-corrected chi connectivity index (χ3v) is 9.58. The van der Waals surface area contributed by atoms with E-state index < -0.39 is 10.0 Å². The van der Waals surface area contributed by atoms with Crippen LogP contribution in [0.4, 0.5) is 10.5 Å². The molecule has 1 saturated heterocycles. The Bertz CT molecular complexity index is 1260. The molecule has 226 valence electrons. The highest BCUT2D eigenvalue weighted by Crippen LogP contribution is 2.23. The van der Waals surface area contributed by atoms with Gasteiger partial charge in [0.15, 0.2) is 0 Å². The lowest BCUT2D eigenvalue weighted by atomic mass is 10.0. The van der Waals surface area contributed by atoms with Gasteiger partial charge in [0.05, 0.1) is 19.4 Å². The van der Waals surface area contributed by atoms with Crippen molar-refractivity contribution in [2.45, 2.75) is 66.0 Å². The Morgan fingerprint density at radius 3 is 2.44 bits per heavy atom. The van der Waals surface area contributed by atoms with Crippen LogP contribution in [0.3, 0.4) is 0 Å². The highest BCUT2D eigenvalue weighted by Gasteiger charge is 2.33. The molecule has 0 bridgehead atoms. The average molecular weight is 587 g/mol. The van der Waals surface area contributed by atoms with E-state index in [9.17, 15) is 18.0 Å². The Balaban J connectivity index is 1.75. The van der Waals surface area contributed by atoms with Crippen LogP contribution in [-0.2, 0) is 21.4 Å². The number of carbonyl (C=O) groups is 2. The summed E-state index contributed by atoms with van der Waals surface area (Å²) in [6.07, 6.45) is 2.40. The molecule has 1 aliphatic heterocycles. The van der Waals surface area contributed by atoms with Gasteiger partial charge in [0, 0.05) is 44.0 Å². The molecule has 1 heterocycles. The van der Waals surface area contributed by atoms with Crippen molar-refractivity contribution < 1.29 is 22.7 Å². The molecule has 0 atom stereocenters. The van der Waals surface area contributed by atoms with E-state index >= 15 is 0 Å². The number of aryl methyl sites for hydroxylation is 1. The number of rotatable bonds is 13. The predicted molar refractivity (Wildman–Crippen MR) is 163 cm³/mol. The maximum Gasteiger partial charge on any atom is 0.321 e. The summed E-state index contributed by atoms with van der Waals surface area (Å²) in [5, 5.41) is 2.93. The van der Waals surface area contributed by atoms with Crippen molar-refractivity contribution in [3.8, 4) is 5.75 Å². The largest absolute Gasteiger partial charge is 0.497 e. The van der Waals surface area contributed by atoms with Gasteiger partial charge in [0.25, 0.3) is 0 Å². The number of benzene rings is 2. The number of sulfonamides is 1.